The summed E-state index contributed by atoms with van der Waals surface area (Å²) < 4.78 is 5.19. The minimum atomic E-state index is -0.689. The van der Waals surface area contributed by atoms with Gasteiger partial charge in [-0.3, -0.25) is 4.79 Å². The quantitative estimate of drug-likeness (QED) is 0.824. The van der Waals surface area contributed by atoms with Crippen molar-refractivity contribution in [3.63, 3.8) is 0 Å². The van der Waals surface area contributed by atoms with Crippen molar-refractivity contribution < 1.29 is 9.53 Å². The Bertz CT molecular complexity index is 453. The summed E-state index contributed by atoms with van der Waals surface area (Å²) in [5.74, 6) is 0.467. The Morgan fingerprint density at radius 1 is 1.50 bits per heavy atom. The smallest absolute Gasteiger partial charge is 0.186 e. The molecule has 16 heavy (non-hydrogen) atoms. The average Bonchev–Trinajstić information content (AvgIpc) is 3.00. The number of carbonyl (C=O) groups excluding carboxylic acids is 1. The van der Waals surface area contributed by atoms with E-state index < -0.39 is 5.54 Å². The molecule has 0 atom stereocenters. The Kier molecular flexibility index (Phi) is 2.68. The first-order valence-electron chi connectivity index (χ1n) is 5.16. The standard InChI is InChI=1S/C12H14ClNO2/c1-7-5-10(16-2)8(6-9(7)13)11(15)12(14)3-4-12/h5-6H,3-4,14H2,1-2H3. The van der Waals surface area contributed by atoms with Crippen LogP contribution in [0.25, 0.3) is 0 Å². The topological polar surface area (TPSA) is 52.3 Å². The van der Waals surface area contributed by atoms with Gasteiger partial charge in [0.25, 0.3) is 0 Å². The van der Waals surface area contributed by atoms with E-state index in [2.05, 4.69) is 0 Å². The maximum absolute atomic E-state index is 12.1. The lowest BCUT2D eigenvalue weighted by molar-refractivity contribution is 0.0946. The first kappa shape index (κ1) is 11.4. The van der Waals surface area contributed by atoms with Crippen molar-refractivity contribution >= 4 is 17.4 Å². The molecule has 0 amide bonds. The zero-order valence-electron chi connectivity index (χ0n) is 9.34. The van der Waals surface area contributed by atoms with Crippen LogP contribution in [-0.2, 0) is 0 Å². The molecule has 1 fully saturated rings. The molecule has 0 aromatic heterocycles. The van der Waals surface area contributed by atoms with E-state index in [0.29, 0.717) is 16.3 Å². The second-order valence-corrected chi connectivity index (χ2v) is 4.69. The number of aryl methyl sites for hydroxylation is 1. The van der Waals surface area contributed by atoms with Crippen LogP contribution >= 0.6 is 11.6 Å². The van der Waals surface area contributed by atoms with Gasteiger partial charge in [0, 0.05) is 5.02 Å². The molecule has 2 N–H and O–H groups in total. The van der Waals surface area contributed by atoms with Crippen molar-refractivity contribution in [1.82, 2.24) is 0 Å². The molecule has 2 rings (SSSR count). The molecule has 1 aromatic carbocycles. The van der Waals surface area contributed by atoms with Gasteiger partial charge >= 0.3 is 0 Å². The third-order valence-electron chi connectivity index (χ3n) is 2.97. The molecule has 0 radical (unpaired) electrons. The summed E-state index contributed by atoms with van der Waals surface area (Å²) in [6, 6.07) is 3.41. The number of hydrogen-bond acceptors (Lipinski definition) is 3. The molecule has 0 saturated heterocycles. The molecule has 0 spiro atoms. The molecule has 1 aliphatic carbocycles. The largest absolute Gasteiger partial charge is 0.496 e. The number of hydrogen-bond donors (Lipinski definition) is 1. The van der Waals surface area contributed by atoms with Crippen LogP contribution < -0.4 is 10.5 Å². The van der Waals surface area contributed by atoms with Gasteiger partial charge in [-0.2, -0.15) is 0 Å². The normalized spacial score (nSPS) is 17.0. The number of rotatable bonds is 3. The molecule has 3 nitrogen and oxygen atoms in total. The van der Waals surface area contributed by atoms with Crippen molar-refractivity contribution in [2.24, 2.45) is 5.73 Å². The predicted octanol–water partition coefficient (Wildman–Crippen LogP) is 2.33. The fourth-order valence-electron chi connectivity index (χ4n) is 1.63. The monoisotopic (exact) mass is 239 g/mol. The van der Waals surface area contributed by atoms with Gasteiger partial charge in [0.1, 0.15) is 5.75 Å². The van der Waals surface area contributed by atoms with Crippen molar-refractivity contribution in [2.75, 3.05) is 7.11 Å². The van der Waals surface area contributed by atoms with Crippen LogP contribution in [0.2, 0.25) is 5.02 Å². The number of carbonyl (C=O) groups is 1. The molecule has 4 heteroatoms. The summed E-state index contributed by atoms with van der Waals surface area (Å²) in [6.45, 7) is 1.87. The van der Waals surface area contributed by atoms with Crippen molar-refractivity contribution in [3.05, 3.63) is 28.3 Å². The first-order valence-corrected chi connectivity index (χ1v) is 5.53. The van der Waals surface area contributed by atoms with Crippen molar-refractivity contribution in [1.29, 1.82) is 0 Å². The lowest BCUT2D eigenvalue weighted by atomic mass is 10.0. The van der Waals surface area contributed by atoms with E-state index in [0.717, 1.165) is 18.4 Å². The highest BCUT2D eigenvalue weighted by Gasteiger charge is 2.47. The zero-order valence-corrected chi connectivity index (χ0v) is 10.1. The highest BCUT2D eigenvalue weighted by Crippen LogP contribution is 2.39. The number of Topliss-reactive ketones (excluding diaryl/α,β-unsaturated/α-hetero) is 1. The molecule has 0 heterocycles. The van der Waals surface area contributed by atoms with E-state index in [1.54, 1.807) is 12.1 Å². The second kappa shape index (κ2) is 3.75. The molecule has 0 aliphatic heterocycles. The van der Waals surface area contributed by atoms with Crippen LogP contribution in [0.15, 0.2) is 12.1 Å². The van der Waals surface area contributed by atoms with Crippen LogP contribution in [0.1, 0.15) is 28.8 Å². The Morgan fingerprint density at radius 2 is 2.12 bits per heavy atom. The number of methoxy groups -OCH3 is 1. The molecular formula is C12H14ClNO2. The molecule has 1 saturated carbocycles. The minimum absolute atomic E-state index is 0.0775. The fraction of sp³-hybridized carbons (Fsp3) is 0.417. The maximum atomic E-state index is 12.1. The molecular weight excluding hydrogens is 226 g/mol. The van der Waals surface area contributed by atoms with E-state index in [1.165, 1.54) is 7.11 Å². The molecule has 1 aromatic rings. The Morgan fingerprint density at radius 3 is 2.62 bits per heavy atom. The summed E-state index contributed by atoms with van der Waals surface area (Å²) in [5.41, 5.74) is 6.57. The van der Waals surface area contributed by atoms with Gasteiger partial charge in [-0.15, -0.1) is 0 Å². The van der Waals surface area contributed by atoms with Crippen molar-refractivity contribution in [3.8, 4) is 5.75 Å². The maximum Gasteiger partial charge on any atom is 0.186 e. The fourth-order valence-corrected chi connectivity index (χ4v) is 1.79. The molecule has 0 unspecified atom stereocenters. The van der Waals surface area contributed by atoms with E-state index in [4.69, 9.17) is 22.1 Å². The van der Waals surface area contributed by atoms with Crippen LogP contribution in [0.3, 0.4) is 0 Å². The lowest BCUT2D eigenvalue weighted by Gasteiger charge is -2.13. The SMILES string of the molecule is COc1cc(C)c(Cl)cc1C(=O)C1(N)CC1. The number of halogens is 1. The lowest BCUT2D eigenvalue weighted by Crippen LogP contribution is -2.33. The summed E-state index contributed by atoms with van der Waals surface area (Å²) in [7, 11) is 1.54. The predicted molar refractivity (Wildman–Crippen MR) is 63.2 cm³/mol. The summed E-state index contributed by atoms with van der Waals surface area (Å²) >= 11 is 6.01. The van der Waals surface area contributed by atoms with Crippen LogP contribution in [0, 0.1) is 6.92 Å². The Balaban J connectivity index is 2.47. The van der Waals surface area contributed by atoms with E-state index in [1.807, 2.05) is 6.92 Å². The number of benzene rings is 1. The average molecular weight is 240 g/mol. The van der Waals surface area contributed by atoms with Crippen molar-refractivity contribution in [2.45, 2.75) is 25.3 Å². The molecule has 86 valence electrons. The third kappa shape index (κ3) is 1.81. The summed E-state index contributed by atoms with van der Waals surface area (Å²) in [5, 5.41) is 0.563. The second-order valence-electron chi connectivity index (χ2n) is 4.29. The highest BCUT2D eigenvalue weighted by atomic mass is 35.5. The van der Waals surface area contributed by atoms with Gasteiger partial charge in [-0.1, -0.05) is 11.6 Å². The number of ether oxygens (including phenoxy) is 1. The number of nitrogens with two attached hydrogens (primary N) is 1. The van der Waals surface area contributed by atoms with Gasteiger partial charge in [0.2, 0.25) is 0 Å². The minimum Gasteiger partial charge on any atom is -0.496 e. The summed E-state index contributed by atoms with van der Waals surface area (Å²) in [6.07, 6.45) is 1.47. The van der Waals surface area contributed by atoms with E-state index in [9.17, 15) is 4.79 Å². The summed E-state index contributed by atoms with van der Waals surface area (Å²) in [4.78, 5) is 12.1. The Labute approximate surface area is 99.5 Å². The van der Waals surface area contributed by atoms with Crippen LogP contribution in [0.5, 0.6) is 5.75 Å². The molecule has 1 aliphatic rings. The number of ketones is 1. The van der Waals surface area contributed by atoms with Crippen LogP contribution in [-0.4, -0.2) is 18.4 Å². The van der Waals surface area contributed by atoms with Gasteiger partial charge in [0.15, 0.2) is 5.78 Å². The Hall–Kier alpha value is -1.06. The van der Waals surface area contributed by atoms with E-state index >= 15 is 0 Å². The molecule has 0 bridgehead atoms. The highest BCUT2D eigenvalue weighted by molar-refractivity contribution is 6.32. The first-order chi connectivity index (χ1) is 7.48. The van der Waals surface area contributed by atoms with Gasteiger partial charge in [0.05, 0.1) is 18.2 Å². The van der Waals surface area contributed by atoms with E-state index in [-0.39, 0.29) is 5.78 Å². The van der Waals surface area contributed by atoms with Gasteiger partial charge in [-0.25, -0.2) is 0 Å². The van der Waals surface area contributed by atoms with Crippen LogP contribution in [0.4, 0.5) is 0 Å². The zero-order chi connectivity index (χ0) is 11.9. The van der Waals surface area contributed by atoms with Gasteiger partial charge < -0.3 is 10.5 Å². The van der Waals surface area contributed by atoms with Gasteiger partial charge in [-0.05, 0) is 37.5 Å². The third-order valence-corrected chi connectivity index (χ3v) is 3.37.